The van der Waals surface area contributed by atoms with Crippen LogP contribution in [0.5, 0.6) is 0 Å². The van der Waals surface area contributed by atoms with Crippen LogP contribution >= 0.6 is 0 Å². The molecule has 1 aromatic rings. The highest BCUT2D eigenvalue weighted by atomic mass is 16.5. The fourth-order valence-electron chi connectivity index (χ4n) is 0.516. The van der Waals surface area contributed by atoms with Crippen molar-refractivity contribution in [3.63, 3.8) is 0 Å². The molecule has 0 aliphatic carbocycles. The molecule has 0 aromatic carbocycles. The number of hydrogen-bond donors (Lipinski definition) is 3. The van der Waals surface area contributed by atoms with Gasteiger partial charge in [0.25, 0.3) is 0 Å². The summed E-state index contributed by atoms with van der Waals surface area (Å²) >= 11 is 0. The maximum Gasteiger partial charge on any atom is 0.149 e. The van der Waals surface area contributed by atoms with Crippen molar-refractivity contribution in [2.45, 2.75) is 6.92 Å². The number of aromatic amines is 1. The van der Waals surface area contributed by atoms with Crippen molar-refractivity contribution in [1.29, 1.82) is 0 Å². The summed E-state index contributed by atoms with van der Waals surface area (Å²) < 4.78 is 0. The molecule has 0 bridgehead atoms. The molecule has 1 rings (SSSR count). The van der Waals surface area contributed by atoms with Crippen LogP contribution in [0, 0.1) is 0 Å². The molecule has 0 atom stereocenters. The normalized spacial score (nSPS) is 11.6. The summed E-state index contributed by atoms with van der Waals surface area (Å²) in [6.45, 7) is 1.64. The lowest BCUT2D eigenvalue weighted by molar-refractivity contribution is 0.234. The topological polar surface area (TPSA) is 73.3 Å². The fraction of sp³-hybridized carbons (Fsp3) is 0.200. The predicted octanol–water partition coefficient (Wildman–Crippen LogP) is 0.438. The van der Waals surface area contributed by atoms with Gasteiger partial charge in [0.2, 0.25) is 0 Å². The summed E-state index contributed by atoms with van der Waals surface area (Å²) in [5.41, 5.74) is 1.91. The summed E-state index contributed by atoms with van der Waals surface area (Å²) in [5.74, 6) is 1.03. The minimum absolute atomic E-state index is 0.421. The first-order valence-electron chi connectivity index (χ1n) is 2.77. The van der Waals surface area contributed by atoms with Crippen molar-refractivity contribution in [2.24, 2.45) is 4.99 Å². The van der Waals surface area contributed by atoms with Gasteiger partial charge in [-0.2, -0.15) is 5.10 Å². The van der Waals surface area contributed by atoms with E-state index in [4.69, 9.17) is 5.21 Å². The highest BCUT2D eigenvalue weighted by Gasteiger charge is 1.88. The quantitative estimate of drug-likeness (QED) is 0.301. The zero-order valence-electron chi connectivity index (χ0n) is 5.50. The Bertz CT molecular complexity index is 216. The lowest BCUT2D eigenvalue weighted by Crippen LogP contribution is -2.13. The van der Waals surface area contributed by atoms with Gasteiger partial charge in [-0.3, -0.25) is 15.8 Å². The SMILES string of the molecule is C/C(=N/c1ccn[nH]1)NO. The van der Waals surface area contributed by atoms with Gasteiger partial charge in [-0.15, -0.1) is 0 Å². The number of hydrogen-bond acceptors (Lipinski definition) is 3. The maximum absolute atomic E-state index is 8.32. The van der Waals surface area contributed by atoms with E-state index in [1.807, 2.05) is 5.48 Å². The summed E-state index contributed by atoms with van der Waals surface area (Å²) in [4.78, 5) is 3.88. The monoisotopic (exact) mass is 140 g/mol. The van der Waals surface area contributed by atoms with Gasteiger partial charge in [-0.1, -0.05) is 0 Å². The smallest absolute Gasteiger partial charge is 0.149 e. The zero-order chi connectivity index (χ0) is 7.40. The summed E-state index contributed by atoms with van der Waals surface area (Å²) in [5, 5.41) is 14.6. The van der Waals surface area contributed by atoms with Crippen LogP contribution in [0.25, 0.3) is 0 Å². The summed E-state index contributed by atoms with van der Waals surface area (Å²) in [7, 11) is 0. The average Bonchev–Trinajstić information content (AvgIpc) is 2.40. The number of H-pyrrole nitrogens is 1. The van der Waals surface area contributed by atoms with E-state index in [1.54, 1.807) is 19.2 Å². The second kappa shape index (κ2) is 2.98. The van der Waals surface area contributed by atoms with Crippen LogP contribution in [0.4, 0.5) is 5.82 Å². The maximum atomic E-state index is 8.32. The van der Waals surface area contributed by atoms with E-state index < -0.39 is 0 Å². The molecule has 0 spiro atoms. The third-order valence-corrected chi connectivity index (χ3v) is 0.936. The minimum atomic E-state index is 0.421. The molecule has 5 nitrogen and oxygen atoms in total. The Hall–Kier alpha value is -1.36. The van der Waals surface area contributed by atoms with Crippen molar-refractivity contribution >= 4 is 11.7 Å². The van der Waals surface area contributed by atoms with E-state index in [2.05, 4.69) is 15.2 Å². The van der Waals surface area contributed by atoms with E-state index in [1.165, 1.54) is 0 Å². The Morgan fingerprint density at radius 3 is 3.20 bits per heavy atom. The van der Waals surface area contributed by atoms with E-state index in [0.717, 1.165) is 0 Å². The number of amidine groups is 1. The first-order valence-corrected chi connectivity index (χ1v) is 2.77. The van der Waals surface area contributed by atoms with Gasteiger partial charge >= 0.3 is 0 Å². The van der Waals surface area contributed by atoms with Gasteiger partial charge in [0.05, 0.1) is 6.20 Å². The molecule has 3 N–H and O–H groups in total. The van der Waals surface area contributed by atoms with E-state index in [-0.39, 0.29) is 0 Å². The molecule has 0 radical (unpaired) electrons. The Labute approximate surface area is 57.8 Å². The fourth-order valence-corrected chi connectivity index (χ4v) is 0.516. The molecule has 0 unspecified atom stereocenters. The molecule has 54 valence electrons. The standard InChI is InChI=1S/C5H8N4O/c1-4(9-10)7-5-2-3-6-8-5/h2-3,10H,1H3,(H2,6,7,8,9). The molecule has 5 heteroatoms. The molecule has 0 saturated carbocycles. The number of rotatable bonds is 1. The number of hydroxylamine groups is 1. The van der Waals surface area contributed by atoms with E-state index in [9.17, 15) is 0 Å². The van der Waals surface area contributed by atoms with Gasteiger partial charge in [-0.25, -0.2) is 4.99 Å². The van der Waals surface area contributed by atoms with Gasteiger partial charge in [0.15, 0.2) is 0 Å². The van der Waals surface area contributed by atoms with Crippen LogP contribution in [-0.2, 0) is 0 Å². The van der Waals surface area contributed by atoms with Crippen LogP contribution in [0.1, 0.15) is 6.92 Å². The first-order chi connectivity index (χ1) is 4.83. The highest BCUT2D eigenvalue weighted by Crippen LogP contribution is 2.02. The molecule has 0 aliphatic heterocycles. The molecule has 0 fully saturated rings. The summed E-state index contributed by atoms with van der Waals surface area (Å²) in [6, 6.07) is 1.70. The molecular weight excluding hydrogens is 132 g/mol. The van der Waals surface area contributed by atoms with Gasteiger partial charge in [0.1, 0.15) is 11.7 Å². The van der Waals surface area contributed by atoms with Crippen molar-refractivity contribution in [1.82, 2.24) is 15.7 Å². The van der Waals surface area contributed by atoms with Crippen LogP contribution < -0.4 is 5.48 Å². The van der Waals surface area contributed by atoms with Crippen LogP contribution in [0.15, 0.2) is 17.3 Å². The van der Waals surface area contributed by atoms with Crippen molar-refractivity contribution < 1.29 is 5.21 Å². The van der Waals surface area contributed by atoms with Crippen LogP contribution in [0.2, 0.25) is 0 Å². The molecule has 1 heterocycles. The molecule has 1 aromatic heterocycles. The lowest BCUT2D eigenvalue weighted by atomic mass is 10.6. The van der Waals surface area contributed by atoms with E-state index in [0.29, 0.717) is 11.7 Å². The Balaban J connectivity index is 2.71. The lowest BCUT2D eigenvalue weighted by Gasteiger charge is -1.92. The molecular formula is C5H8N4O. The third kappa shape index (κ3) is 1.56. The molecule has 10 heavy (non-hydrogen) atoms. The Morgan fingerprint density at radius 2 is 2.70 bits per heavy atom. The zero-order valence-corrected chi connectivity index (χ0v) is 5.50. The number of aliphatic imine (C=N–C) groups is 1. The van der Waals surface area contributed by atoms with Crippen molar-refractivity contribution in [2.75, 3.05) is 0 Å². The van der Waals surface area contributed by atoms with E-state index >= 15 is 0 Å². The van der Waals surface area contributed by atoms with Crippen LogP contribution in [-0.4, -0.2) is 21.2 Å². The van der Waals surface area contributed by atoms with Gasteiger partial charge in [-0.05, 0) is 6.92 Å². The highest BCUT2D eigenvalue weighted by molar-refractivity contribution is 5.80. The second-order valence-corrected chi connectivity index (χ2v) is 1.75. The average molecular weight is 140 g/mol. The van der Waals surface area contributed by atoms with Crippen LogP contribution in [0.3, 0.4) is 0 Å². The first kappa shape index (κ1) is 6.76. The summed E-state index contributed by atoms with van der Waals surface area (Å²) in [6.07, 6.45) is 1.59. The van der Waals surface area contributed by atoms with Gasteiger partial charge in [0, 0.05) is 6.07 Å². The Kier molecular flexibility index (Phi) is 2.01. The number of nitrogens with zero attached hydrogens (tertiary/aromatic N) is 2. The molecule has 0 saturated heterocycles. The molecule has 0 aliphatic rings. The Morgan fingerprint density at radius 1 is 1.90 bits per heavy atom. The second-order valence-electron chi connectivity index (χ2n) is 1.75. The third-order valence-electron chi connectivity index (χ3n) is 0.936. The molecule has 0 amide bonds. The largest absolute Gasteiger partial charge is 0.290 e. The predicted molar refractivity (Wildman–Crippen MR) is 36.3 cm³/mol. The van der Waals surface area contributed by atoms with Gasteiger partial charge < -0.3 is 0 Å². The number of aromatic nitrogens is 2. The minimum Gasteiger partial charge on any atom is -0.290 e. The van der Waals surface area contributed by atoms with Crippen molar-refractivity contribution in [3.05, 3.63) is 12.3 Å². The number of nitrogens with one attached hydrogen (secondary N) is 2. The van der Waals surface area contributed by atoms with Crippen molar-refractivity contribution in [3.8, 4) is 0 Å².